The number of carbonyl (C=O) groups is 1. The van der Waals surface area contributed by atoms with Gasteiger partial charge in [-0.15, -0.1) is 0 Å². The summed E-state index contributed by atoms with van der Waals surface area (Å²) in [5, 5.41) is 3.57. The van der Waals surface area contributed by atoms with Crippen LogP contribution in [0.5, 0.6) is 0 Å². The fourth-order valence-electron chi connectivity index (χ4n) is 3.83. The van der Waals surface area contributed by atoms with Crippen molar-refractivity contribution in [1.29, 1.82) is 0 Å². The summed E-state index contributed by atoms with van der Waals surface area (Å²) in [4.78, 5) is 47.8. The summed E-state index contributed by atoms with van der Waals surface area (Å²) in [7, 11) is 1.56. The number of fused-ring (bicyclic) bond motifs is 2. The van der Waals surface area contributed by atoms with Crippen LogP contribution in [-0.2, 0) is 17.0 Å². The molecule has 0 aliphatic carbocycles. The minimum absolute atomic E-state index is 0.185. The molecule has 0 bridgehead atoms. The second kappa shape index (κ2) is 10.8. The molecule has 0 spiro atoms. The Kier molecular flexibility index (Phi) is 7.15. The minimum atomic E-state index is -0.282. The monoisotopic (exact) mass is 517 g/mol. The van der Waals surface area contributed by atoms with Crippen LogP contribution in [-0.4, -0.2) is 45.1 Å². The number of benzene rings is 1. The van der Waals surface area contributed by atoms with Crippen LogP contribution in [0, 0.1) is 0 Å². The summed E-state index contributed by atoms with van der Waals surface area (Å²) in [5.41, 5.74) is 1.43. The molecule has 0 saturated carbocycles. The smallest absolute Gasteiger partial charge is 0.262 e. The maximum atomic E-state index is 13.5. The van der Waals surface area contributed by atoms with Crippen LogP contribution in [0.4, 0.5) is 0 Å². The zero-order valence-electron chi connectivity index (χ0n) is 19.9. The number of furan rings is 1. The SMILES string of the molecule is COCCNC(=O)c1ccc2c(=O)n(Cc3ccco3)c(SCc3cc(=O)n4ccccc4n3)nc2c1. The summed E-state index contributed by atoms with van der Waals surface area (Å²) in [6, 6.07) is 15.2. The molecule has 0 radical (unpaired) electrons. The molecule has 0 aliphatic heterocycles. The summed E-state index contributed by atoms with van der Waals surface area (Å²) in [6.07, 6.45) is 3.21. The van der Waals surface area contributed by atoms with E-state index in [1.807, 2.05) is 6.07 Å². The first-order chi connectivity index (χ1) is 18.0. The number of pyridine rings is 1. The van der Waals surface area contributed by atoms with E-state index in [1.165, 1.54) is 26.8 Å². The number of ether oxygens (including phenoxy) is 1. The molecule has 4 aromatic heterocycles. The van der Waals surface area contributed by atoms with Gasteiger partial charge in [0.15, 0.2) is 5.16 Å². The number of methoxy groups -OCH3 is 1. The van der Waals surface area contributed by atoms with Crippen molar-refractivity contribution < 1.29 is 13.9 Å². The van der Waals surface area contributed by atoms with Crippen LogP contribution in [0.15, 0.2) is 86.2 Å². The van der Waals surface area contributed by atoms with Gasteiger partial charge in [0.2, 0.25) is 0 Å². The Balaban J connectivity index is 1.52. The van der Waals surface area contributed by atoms with Crippen LogP contribution < -0.4 is 16.4 Å². The molecule has 5 aromatic rings. The molecule has 1 aromatic carbocycles. The molecule has 5 rings (SSSR count). The lowest BCUT2D eigenvalue weighted by Crippen LogP contribution is -2.27. The van der Waals surface area contributed by atoms with Gasteiger partial charge in [0.25, 0.3) is 17.0 Å². The fourth-order valence-corrected chi connectivity index (χ4v) is 4.73. The van der Waals surface area contributed by atoms with Gasteiger partial charge in [-0.2, -0.15) is 0 Å². The number of aromatic nitrogens is 4. The van der Waals surface area contributed by atoms with Gasteiger partial charge in [-0.1, -0.05) is 17.8 Å². The van der Waals surface area contributed by atoms with Crippen molar-refractivity contribution in [1.82, 2.24) is 24.3 Å². The van der Waals surface area contributed by atoms with E-state index < -0.39 is 0 Å². The summed E-state index contributed by atoms with van der Waals surface area (Å²) >= 11 is 1.28. The van der Waals surface area contributed by atoms with Gasteiger partial charge in [-0.25, -0.2) is 9.97 Å². The number of thioether (sulfide) groups is 1. The largest absolute Gasteiger partial charge is 0.467 e. The highest BCUT2D eigenvalue weighted by Gasteiger charge is 2.16. The normalized spacial score (nSPS) is 11.3. The fraction of sp³-hybridized carbons (Fsp3) is 0.192. The molecule has 0 aliphatic rings. The molecule has 1 amide bonds. The maximum absolute atomic E-state index is 13.5. The van der Waals surface area contributed by atoms with E-state index in [2.05, 4.69) is 10.3 Å². The Morgan fingerprint density at radius 2 is 2.00 bits per heavy atom. The number of amides is 1. The number of carbonyl (C=O) groups excluding carboxylic acids is 1. The van der Waals surface area contributed by atoms with E-state index >= 15 is 0 Å². The van der Waals surface area contributed by atoms with Gasteiger partial charge in [0, 0.05) is 37.2 Å². The lowest BCUT2D eigenvalue weighted by atomic mass is 10.1. The number of nitrogens with one attached hydrogen (secondary N) is 1. The predicted molar refractivity (Wildman–Crippen MR) is 139 cm³/mol. The molecule has 11 heteroatoms. The number of rotatable bonds is 9. The Labute approximate surface area is 214 Å². The van der Waals surface area contributed by atoms with Crippen molar-refractivity contribution in [3.8, 4) is 0 Å². The van der Waals surface area contributed by atoms with E-state index in [0.29, 0.717) is 57.6 Å². The van der Waals surface area contributed by atoms with Gasteiger partial charge >= 0.3 is 0 Å². The van der Waals surface area contributed by atoms with Crippen molar-refractivity contribution >= 4 is 34.2 Å². The van der Waals surface area contributed by atoms with Crippen molar-refractivity contribution in [3.63, 3.8) is 0 Å². The standard InChI is InChI=1S/C26H23N5O5S/c1-35-12-9-27-24(33)17-7-8-20-21(13-17)29-26(31(25(20)34)15-19-5-4-11-36-19)37-16-18-14-23(32)30-10-3-2-6-22(30)28-18/h2-8,10-11,13-14H,9,12,15-16H2,1H3,(H,27,33). The van der Waals surface area contributed by atoms with Crippen molar-refractivity contribution in [2.45, 2.75) is 17.5 Å². The highest BCUT2D eigenvalue weighted by Crippen LogP contribution is 2.23. The molecule has 188 valence electrons. The summed E-state index contributed by atoms with van der Waals surface area (Å²) in [6.45, 7) is 0.942. The highest BCUT2D eigenvalue weighted by atomic mass is 32.2. The summed E-state index contributed by atoms with van der Waals surface area (Å²) in [5.74, 6) is 0.630. The quantitative estimate of drug-likeness (QED) is 0.180. The molecule has 1 N–H and O–H groups in total. The first-order valence-electron chi connectivity index (χ1n) is 11.5. The van der Waals surface area contributed by atoms with E-state index in [-0.39, 0.29) is 23.6 Å². The number of hydrogen-bond donors (Lipinski definition) is 1. The van der Waals surface area contributed by atoms with E-state index in [4.69, 9.17) is 14.1 Å². The number of hydrogen-bond acceptors (Lipinski definition) is 8. The van der Waals surface area contributed by atoms with Crippen LogP contribution in [0.1, 0.15) is 21.8 Å². The van der Waals surface area contributed by atoms with E-state index in [1.54, 1.807) is 62.0 Å². The first-order valence-corrected chi connectivity index (χ1v) is 12.5. The van der Waals surface area contributed by atoms with Gasteiger partial charge in [0.1, 0.15) is 11.4 Å². The van der Waals surface area contributed by atoms with Crippen molar-refractivity contribution in [3.05, 3.63) is 105 Å². The highest BCUT2D eigenvalue weighted by molar-refractivity contribution is 7.98. The average Bonchev–Trinajstić information content (AvgIpc) is 3.42. The van der Waals surface area contributed by atoms with Crippen LogP contribution >= 0.6 is 11.8 Å². The Morgan fingerprint density at radius 3 is 2.81 bits per heavy atom. The minimum Gasteiger partial charge on any atom is -0.467 e. The lowest BCUT2D eigenvalue weighted by Gasteiger charge is -2.13. The van der Waals surface area contributed by atoms with E-state index in [9.17, 15) is 14.4 Å². The first kappa shape index (κ1) is 24.5. The second-order valence-electron chi connectivity index (χ2n) is 8.15. The molecule has 0 atom stereocenters. The van der Waals surface area contributed by atoms with Gasteiger partial charge in [-0.05, 0) is 42.5 Å². The van der Waals surface area contributed by atoms with Gasteiger partial charge in [0.05, 0.1) is 36.0 Å². The second-order valence-corrected chi connectivity index (χ2v) is 9.09. The van der Waals surface area contributed by atoms with Crippen LogP contribution in [0.2, 0.25) is 0 Å². The molecular formula is C26H23N5O5S. The van der Waals surface area contributed by atoms with Crippen LogP contribution in [0.25, 0.3) is 16.6 Å². The summed E-state index contributed by atoms with van der Waals surface area (Å²) < 4.78 is 13.4. The molecule has 4 heterocycles. The van der Waals surface area contributed by atoms with Gasteiger partial charge < -0.3 is 14.5 Å². The molecule has 37 heavy (non-hydrogen) atoms. The third kappa shape index (κ3) is 5.32. The Hall–Kier alpha value is -4.22. The van der Waals surface area contributed by atoms with Crippen molar-refractivity contribution in [2.75, 3.05) is 20.3 Å². The maximum Gasteiger partial charge on any atom is 0.262 e. The predicted octanol–water partition coefficient (Wildman–Crippen LogP) is 2.71. The molecular weight excluding hydrogens is 494 g/mol. The topological polar surface area (TPSA) is 121 Å². The third-order valence-corrected chi connectivity index (χ3v) is 6.65. The zero-order chi connectivity index (χ0) is 25.8. The van der Waals surface area contributed by atoms with Gasteiger partial charge in [-0.3, -0.25) is 23.4 Å². The Morgan fingerprint density at radius 1 is 1.11 bits per heavy atom. The average molecular weight is 518 g/mol. The van der Waals surface area contributed by atoms with Crippen molar-refractivity contribution in [2.24, 2.45) is 0 Å². The molecule has 10 nitrogen and oxygen atoms in total. The molecule has 0 fully saturated rings. The van der Waals surface area contributed by atoms with Crippen LogP contribution in [0.3, 0.4) is 0 Å². The lowest BCUT2D eigenvalue weighted by molar-refractivity contribution is 0.0937. The zero-order valence-corrected chi connectivity index (χ0v) is 20.7. The third-order valence-electron chi connectivity index (χ3n) is 5.64. The Bertz CT molecular complexity index is 1690. The number of nitrogens with zero attached hydrogens (tertiary/aromatic N) is 4. The molecule has 0 unspecified atom stereocenters. The van der Waals surface area contributed by atoms with E-state index in [0.717, 1.165) is 0 Å². The molecule has 0 saturated heterocycles.